The van der Waals surface area contributed by atoms with Gasteiger partial charge in [0.25, 0.3) is 0 Å². The van der Waals surface area contributed by atoms with Gasteiger partial charge in [-0.2, -0.15) is 0 Å². The minimum absolute atomic E-state index is 0.109. The fourth-order valence-electron chi connectivity index (χ4n) is 2.98. The number of halogens is 1. The molecular weight excluding hydrogens is 290 g/mol. The van der Waals surface area contributed by atoms with Gasteiger partial charge in [-0.3, -0.25) is 14.5 Å². The first-order chi connectivity index (χ1) is 10.0. The van der Waals surface area contributed by atoms with Crippen LogP contribution in [0.1, 0.15) is 24.8 Å². The Morgan fingerprint density at radius 3 is 2.57 bits per heavy atom. The van der Waals surface area contributed by atoms with E-state index in [2.05, 4.69) is 0 Å². The highest BCUT2D eigenvalue weighted by atomic mass is 35.5. The first-order valence-electron chi connectivity index (χ1n) is 7.06. The molecule has 2 rings (SSSR count). The smallest absolute Gasteiger partial charge is 0.310 e. The van der Waals surface area contributed by atoms with Crippen LogP contribution in [-0.2, 0) is 14.3 Å². The van der Waals surface area contributed by atoms with Gasteiger partial charge >= 0.3 is 5.97 Å². The average Bonchev–Trinajstić information content (AvgIpc) is 2.47. The van der Waals surface area contributed by atoms with Crippen LogP contribution in [0.15, 0.2) is 24.3 Å². The molecule has 4 nitrogen and oxygen atoms in total. The van der Waals surface area contributed by atoms with Crippen LogP contribution in [-0.4, -0.2) is 43.4 Å². The molecule has 0 aliphatic carbocycles. The topological polar surface area (TPSA) is 46.6 Å². The number of hydrogen-bond acceptors (Lipinski definition) is 4. The van der Waals surface area contributed by atoms with E-state index in [0.717, 1.165) is 18.5 Å². The molecule has 0 bridgehead atoms. The molecule has 1 fully saturated rings. The van der Waals surface area contributed by atoms with Gasteiger partial charge in [-0.15, -0.1) is 0 Å². The van der Waals surface area contributed by atoms with Crippen LogP contribution in [0.2, 0.25) is 5.02 Å². The Morgan fingerprint density at radius 2 is 2.00 bits per heavy atom. The molecule has 0 saturated carbocycles. The summed E-state index contributed by atoms with van der Waals surface area (Å²) in [6, 6.07) is 7.60. The van der Waals surface area contributed by atoms with Crippen molar-refractivity contribution < 1.29 is 14.3 Å². The number of likely N-dealkylation sites (tertiary alicyclic amines) is 1. The largest absolute Gasteiger partial charge is 0.469 e. The molecule has 114 valence electrons. The number of Topliss-reactive ketones (excluding diaryl/α,β-unsaturated/α-hetero) is 1. The van der Waals surface area contributed by atoms with Crippen LogP contribution in [0.4, 0.5) is 0 Å². The van der Waals surface area contributed by atoms with E-state index in [1.54, 1.807) is 6.92 Å². The Kier molecular flexibility index (Phi) is 5.37. The number of esters is 1. The summed E-state index contributed by atoms with van der Waals surface area (Å²) in [5.74, 6) is -0.242. The predicted octanol–water partition coefficient (Wildman–Crippen LogP) is 2.51. The van der Waals surface area contributed by atoms with Crippen molar-refractivity contribution in [3.05, 3.63) is 34.9 Å². The predicted molar refractivity (Wildman–Crippen MR) is 81.4 cm³/mol. The lowest BCUT2D eigenvalue weighted by molar-refractivity contribution is -0.148. The minimum atomic E-state index is -0.246. The third-order valence-electron chi connectivity index (χ3n) is 3.95. The summed E-state index contributed by atoms with van der Waals surface area (Å²) < 4.78 is 4.94. The quantitative estimate of drug-likeness (QED) is 0.802. The zero-order chi connectivity index (χ0) is 15.4. The highest BCUT2D eigenvalue weighted by molar-refractivity contribution is 6.30. The number of hydrogen-bond donors (Lipinski definition) is 0. The number of benzene rings is 1. The van der Waals surface area contributed by atoms with E-state index < -0.39 is 0 Å². The number of ketones is 1. The Morgan fingerprint density at radius 1 is 1.33 bits per heavy atom. The molecular formula is C16H20ClNO3. The van der Waals surface area contributed by atoms with Crippen molar-refractivity contribution in [2.24, 2.45) is 5.92 Å². The van der Waals surface area contributed by atoms with E-state index >= 15 is 0 Å². The molecule has 1 aliphatic rings. The molecule has 1 heterocycles. The van der Waals surface area contributed by atoms with Crippen molar-refractivity contribution in [1.29, 1.82) is 0 Å². The Hall–Kier alpha value is -1.39. The van der Waals surface area contributed by atoms with Gasteiger partial charge in [0, 0.05) is 11.6 Å². The number of methoxy groups -OCH3 is 1. The van der Waals surface area contributed by atoms with Crippen LogP contribution in [0.5, 0.6) is 0 Å². The van der Waals surface area contributed by atoms with Crippen LogP contribution in [0, 0.1) is 5.92 Å². The first-order valence-corrected chi connectivity index (χ1v) is 7.44. The molecule has 5 heteroatoms. The first kappa shape index (κ1) is 16.0. The third kappa shape index (κ3) is 4.05. The van der Waals surface area contributed by atoms with Crippen molar-refractivity contribution in [3.63, 3.8) is 0 Å². The molecule has 2 unspecified atom stereocenters. The summed E-state index contributed by atoms with van der Waals surface area (Å²) in [7, 11) is 1.41. The monoisotopic (exact) mass is 309 g/mol. The number of piperidine rings is 1. The van der Waals surface area contributed by atoms with E-state index in [0.29, 0.717) is 18.1 Å². The maximum atomic E-state index is 12.1. The molecule has 2 atom stereocenters. The van der Waals surface area contributed by atoms with E-state index in [-0.39, 0.29) is 23.6 Å². The minimum Gasteiger partial charge on any atom is -0.469 e. The maximum Gasteiger partial charge on any atom is 0.310 e. The van der Waals surface area contributed by atoms with E-state index in [4.69, 9.17) is 16.3 Å². The van der Waals surface area contributed by atoms with Gasteiger partial charge < -0.3 is 4.74 Å². The van der Waals surface area contributed by atoms with Crippen LogP contribution in [0.25, 0.3) is 0 Å². The number of rotatable bonds is 4. The Bertz CT molecular complexity index is 515. The summed E-state index contributed by atoms with van der Waals surface area (Å²) in [5, 5.41) is 0.683. The summed E-state index contributed by atoms with van der Waals surface area (Å²) >= 11 is 5.92. The lowest BCUT2D eigenvalue weighted by Crippen LogP contribution is -2.44. The lowest BCUT2D eigenvalue weighted by Gasteiger charge is -2.36. The fourth-order valence-corrected chi connectivity index (χ4v) is 3.10. The van der Waals surface area contributed by atoms with Crippen molar-refractivity contribution in [2.45, 2.75) is 19.3 Å². The lowest BCUT2D eigenvalue weighted by atomic mass is 9.80. The van der Waals surface area contributed by atoms with Gasteiger partial charge in [0.15, 0.2) is 0 Å². The number of carbonyl (C=O) groups excluding carboxylic acids is 2. The summed E-state index contributed by atoms with van der Waals surface area (Å²) in [4.78, 5) is 25.4. The molecule has 0 aromatic heterocycles. The second-order valence-corrected chi connectivity index (χ2v) is 5.95. The Labute approximate surface area is 130 Å². The highest BCUT2D eigenvalue weighted by Gasteiger charge is 2.36. The fraction of sp³-hybridized carbons (Fsp3) is 0.500. The molecule has 1 aromatic rings. The maximum absolute atomic E-state index is 12.1. The van der Waals surface area contributed by atoms with Gasteiger partial charge in [-0.05, 0) is 43.5 Å². The van der Waals surface area contributed by atoms with E-state index in [9.17, 15) is 9.59 Å². The third-order valence-corrected chi connectivity index (χ3v) is 4.20. The van der Waals surface area contributed by atoms with Crippen LogP contribution < -0.4 is 0 Å². The van der Waals surface area contributed by atoms with Gasteiger partial charge in [0.05, 0.1) is 19.6 Å². The van der Waals surface area contributed by atoms with Crippen molar-refractivity contribution in [3.8, 4) is 0 Å². The van der Waals surface area contributed by atoms with Crippen molar-refractivity contribution >= 4 is 23.4 Å². The highest BCUT2D eigenvalue weighted by Crippen LogP contribution is 2.34. The number of ether oxygens (including phenoxy) is 1. The van der Waals surface area contributed by atoms with Gasteiger partial charge in [-0.1, -0.05) is 23.7 Å². The SMILES string of the molecule is COC(=O)C1CN(CC(C)=O)CCC1c1ccc(Cl)cc1. The van der Waals surface area contributed by atoms with E-state index in [1.165, 1.54) is 7.11 Å². The van der Waals surface area contributed by atoms with Crippen LogP contribution in [0.3, 0.4) is 0 Å². The molecule has 21 heavy (non-hydrogen) atoms. The summed E-state index contributed by atoms with van der Waals surface area (Å²) in [6.45, 7) is 3.32. The van der Waals surface area contributed by atoms with Crippen LogP contribution >= 0.6 is 11.6 Å². The molecule has 1 aliphatic heterocycles. The van der Waals surface area contributed by atoms with Gasteiger partial charge in [0.2, 0.25) is 0 Å². The van der Waals surface area contributed by atoms with E-state index in [1.807, 2.05) is 29.2 Å². The Balaban J connectivity index is 2.18. The molecule has 0 radical (unpaired) electrons. The van der Waals surface area contributed by atoms with Gasteiger partial charge in [0.1, 0.15) is 5.78 Å². The number of nitrogens with zero attached hydrogens (tertiary/aromatic N) is 1. The molecule has 0 amide bonds. The van der Waals surface area contributed by atoms with Crippen molar-refractivity contribution in [2.75, 3.05) is 26.7 Å². The standard InChI is InChI=1S/C16H20ClNO3/c1-11(19)9-18-8-7-14(15(10-18)16(20)21-2)12-3-5-13(17)6-4-12/h3-6,14-15H,7-10H2,1-2H3. The zero-order valence-electron chi connectivity index (χ0n) is 12.3. The molecule has 1 saturated heterocycles. The molecule has 0 spiro atoms. The van der Waals surface area contributed by atoms with Gasteiger partial charge in [-0.25, -0.2) is 0 Å². The molecule has 1 aromatic carbocycles. The summed E-state index contributed by atoms with van der Waals surface area (Å²) in [5.41, 5.74) is 1.09. The summed E-state index contributed by atoms with van der Waals surface area (Å²) in [6.07, 6.45) is 0.828. The zero-order valence-corrected chi connectivity index (χ0v) is 13.1. The second-order valence-electron chi connectivity index (χ2n) is 5.51. The second kappa shape index (κ2) is 7.05. The molecule has 0 N–H and O–H groups in total. The normalized spacial score (nSPS) is 22.8. The van der Waals surface area contributed by atoms with Crippen molar-refractivity contribution in [1.82, 2.24) is 4.90 Å². The average molecular weight is 310 g/mol. The number of carbonyl (C=O) groups is 2.